The molecule has 0 saturated heterocycles. The fraction of sp³-hybridized carbons (Fsp3) is 0.812. The van der Waals surface area contributed by atoms with Crippen LogP contribution in [0.4, 0.5) is 5.82 Å². The van der Waals surface area contributed by atoms with Gasteiger partial charge in [-0.3, -0.25) is 0 Å². The Bertz CT molecular complexity index is 441. The summed E-state index contributed by atoms with van der Waals surface area (Å²) in [6.07, 6.45) is 12.5. The summed E-state index contributed by atoms with van der Waals surface area (Å²) in [5.74, 6) is 3.10. The van der Waals surface area contributed by atoms with E-state index in [4.69, 9.17) is 5.10 Å². The van der Waals surface area contributed by atoms with Crippen LogP contribution in [0.1, 0.15) is 63.1 Å². The van der Waals surface area contributed by atoms with Crippen LogP contribution in [-0.2, 0) is 6.42 Å². The Morgan fingerprint density at radius 1 is 1.11 bits per heavy atom. The molecule has 2 aliphatic carbocycles. The van der Waals surface area contributed by atoms with Crippen LogP contribution in [0, 0.1) is 11.8 Å². The maximum atomic E-state index is 4.94. The Kier molecular flexibility index (Phi) is 3.01. The summed E-state index contributed by atoms with van der Waals surface area (Å²) in [5, 5.41) is 8.48. The van der Waals surface area contributed by atoms with Gasteiger partial charge >= 0.3 is 0 Å². The number of nitrogens with one attached hydrogen (secondary N) is 1. The number of fused-ring (bicyclic) bond motifs is 1. The van der Waals surface area contributed by atoms with E-state index in [1.165, 1.54) is 69.3 Å². The fourth-order valence-corrected chi connectivity index (χ4v) is 4.00. The van der Waals surface area contributed by atoms with E-state index in [-0.39, 0.29) is 0 Å². The standard InChI is InChI=1S/C16H25N3/c1-2-4-12(5-3-1)10-14-11-16-17-9-8-15(13-6-7-13)19(16)18-14/h11-13,15,17H,1-10H2. The Hall–Kier alpha value is -0.990. The maximum absolute atomic E-state index is 4.94. The van der Waals surface area contributed by atoms with Gasteiger partial charge in [-0.15, -0.1) is 0 Å². The molecule has 0 bridgehead atoms. The zero-order chi connectivity index (χ0) is 12.7. The molecular formula is C16H25N3. The Labute approximate surface area is 115 Å². The lowest BCUT2D eigenvalue weighted by Gasteiger charge is -2.25. The van der Waals surface area contributed by atoms with E-state index in [1.807, 2.05) is 0 Å². The molecule has 3 heteroatoms. The highest BCUT2D eigenvalue weighted by Gasteiger charge is 2.35. The molecule has 0 radical (unpaired) electrons. The molecule has 1 N–H and O–H groups in total. The second-order valence-electron chi connectivity index (χ2n) is 6.79. The minimum absolute atomic E-state index is 0.691. The van der Waals surface area contributed by atoms with Gasteiger partial charge in [0.05, 0.1) is 11.7 Å². The molecule has 1 aromatic heterocycles. The highest BCUT2D eigenvalue weighted by atomic mass is 15.4. The zero-order valence-corrected chi connectivity index (χ0v) is 11.8. The molecule has 19 heavy (non-hydrogen) atoms. The molecule has 1 aliphatic heterocycles. The van der Waals surface area contributed by atoms with Gasteiger partial charge in [-0.25, -0.2) is 4.68 Å². The van der Waals surface area contributed by atoms with Gasteiger partial charge < -0.3 is 5.32 Å². The van der Waals surface area contributed by atoms with Crippen LogP contribution in [0.25, 0.3) is 0 Å². The van der Waals surface area contributed by atoms with Gasteiger partial charge in [-0.05, 0) is 37.5 Å². The first-order valence-electron chi connectivity index (χ1n) is 8.22. The molecule has 1 atom stereocenters. The predicted molar refractivity (Wildman–Crippen MR) is 77.4 cm³/mol. The van der Waals surface area contributed by atoms with Crippen LogP contribution in [0.5, 0.6) is 0 Å². The molecule has 2 saturated carbocycles. The normalized spacial score (nSPS) is 27.9. The lowest BCUT2D eigenvalue weighted by molar-refractivity contribution is 0.345. The van der Waals surface area contributed by atoms with Gasteiger partial charge in [-0.2, -0.15) is 5.10 Å². The lowest BCUT2D eigenvalue weighted by Crippen LogP contribution is -2.24. The Balaban J connectivity index is 1.50. The van der Waals surface area contributed by atoms with Crippen molar-refractivity contribution in [1.82, 2.24) is 9.78 Å². The average molecular weight is 259 g/mol. The third kappa shape index (κ3) is 2.39. The first kappa shape index (κ1) is 11.8. The molecule has 4 rings (SSSR count). The molecule has 3 nitrogen and oxygen atoms in total. The van der Waals surface area contributed by atoms with Gasteiger partial charge in [0, 0.05) is 12.6 Å². The summed E-state index contributed by atoms with van der Waals surface area (Å²) >= 11 is 0. The van der Waals surface area contributed by atoms with Crippen LogP contribution in [-0.4, -0.2) is 16.3 Å². The summed E-state index contributed by atoms with van der Waals surface area (Å²) < 4.78 is 2.32. The molecule has 0 spiro atoms. The second-order valence-corrected chi connectivity index (χ2v) is 6.79. The second kappa shape index (κ2) is 4.84. The van der Waals surface area contributed by atoms with Crippen molar-refractivity contribution in [2.24, 2.45) is 11.8 Å². The first-order valence-corrected chi connectivity index (χ1v) is 8.22. The molecule has 1 aromatic rings. The predicted octanol–water partition coefficient (Wildman–Crippen LogP) is 3.77. The summed E-state index contributed by atoms with van der Waals surface area (Å²) in [6, 6.07) is 3.01. The number of hydrogen-bond donors (Lipinski definition) is 1. The van der Waals surface area contributed by atoms with E-state index in [0.29, 0.717) is 6.04 Å². The highest BCUT2D eigenvalue weighted by Crippen LogP contribution is 2.44. The van der Waals surface area contributed by atoms with Crippen molar-refractivity contribution in [3.8, 4) is 0 Å². The number of rotatable bonds is 3. The van der Waals surface area contributed by atoms with Crippen LogP contribution < -0.4 is 5.32 Å². The van der Waals surface area contributed by atoms with Crippen LogP contribution in [0.2, 0.25) is 0 Å². The van der Waals surface area contributed by atoms with Crippen molar-refractivity contribution in [1.29, 1.82) is 0 Å². The van der Waals surface area contributed by atoms with Crippen molar-refractivity contribution in [3.63, 3.8) is 0 Å². The SMILES string of the molecule is c1c(CC2CCCCC2)nn2c1NCCC2C1CC1. The number of nitrogens with zero attached hydrogens (tertiary/aromatic N) is 2. The van der Waals surface area contributed by atoms with E-state index in [9.17, 15) is 0 Å². The van der Waals surface area contributed by atoms with Gasteiger partial charge in [0.25, 0.3) is 0 Å². The molecule has 2 fully saturated rings. The van der Waals surface area contributed by atoms with Crippen molar-refractivity contribution >= 4 is 5.82 Å². The maximum Gasteiger partial charge on any atom is 0.124 e. The van der Waals surface area contributed by atoms with Gasteiger partial charge in [0.2, 0.25) is 0 Å². The molecule has 0 aromatic carbocycles. The lowest BCUT2D eigenvalue weighted by atomic mass is 9.86. The largest absolute Gasteiger partial charge is 0.370 e. The third-order valence-corrected chi connectivity index (χ3v) is 5.24. The van der Waals surface area contributed by atoms with Gasteiger partial charge in [0.15, 0.2) is 0 Å². The number of anilines is 1. The molecule has 3 aliphatic rings. The van der Waals surface area contributed by atoms with E-state index in [1.54, 1.807) is 0 Å². The summed E-state index contributed by atoms with van der Waals surface area (Å²) in [7, 11) is 0. The fourth-order valence-electron chi connectivity index (χ4n) is 4.00. The third-order valence-electron chi connectivity index (χ3n) is 5.24. The van der Waals surface area contributed by atoms with E-state index in [2.05, 4.69) is 16.1 Å². The van der Waals surface area contributed by atoms with Gasteiger partial charge in [0.1, 0.15) is 5.82 Å². The first-order chi connectivity index (χ1) is 9.40. The summed E-state index contributed by atoms with van der Waals surface area (Å²) in [4.78, 5) is 0. The average Bonchev–Trinajstić information content (AvgIpc) is 3.19. The van der Waals surface area contributed by atoms with Crippen LogP contribution in [0.15, 0.2) is 6.07 Å². The molecule has 1 unspecified atom stereocenters. The molecule has 104 valence electrons. The summed E-state index contributed by atoms with van der Waals surface area (Å²) in [6.45, 7) is 1.13. The number of hydrogen-bond acceptors (Lipinski definition) is 2. The van der Waals surface area contributed by atoms with Crippen LogP contribution >= 0.6 is 0 Å². The Morgan fingerprint density at radius 2 is 1.95 bits per heavy atom. The molecule has 2 heterocycles. The molecule has 0 amide bonds. The van der Waals surface area contributed by atoms with E-state index >= 15 is 0 Å². The van der Waals surface area contributed by atoms with Crippen molar-refractivity contribution in [2.45, 2.75) is 63.8 Å². The van der Waals surface area contributed by atoms with Crippen molar-refractivity contribution < 1.29 is 0 Å². The Morgan fingerprint density at radius 3 is 2.74 bits per heavy atom. The van der Waals surface area contributed by atoms with Crippen molar-refractivity contribution in [2.75, 3.05) is 11.9 Å². The monoisotopic (exact) mass is 259 g/mol. The van der Waals surface area contributed by atoms with Crippen LogP contribution in [0.3, 0.4) is 0 Å². The smallest absolute Gasteiger partial charge is 0.124 e. The topological polar surface area (TPSA) is 29.9 Å². The number of aromatic nitrogens is 2. The minimum Gasteiger partial charge on any atom is -0.370 e. The molecular weight excluding hydrogens is 234 g/mol. The van der Waals surface area contributed by atoms with E-state index in [0.717, 1.165) is 18.4 Å². The van der Waals surface area contributed by atoms with E-state index < -0.39 is 0 Å². The zero-order valence-electron chi connectivity index (χ0n) is 11.8. The van der Waals surface area contributed by atoms with Crippen molar-refractivity contribution in [3.05, 3.63) is 11.8 Å². The highest BCUT2D eigenvalue weighted by molar-refractivity contribution is 5.39. The summed E-state index contributed by atoms with van der Waals surface area (Å²) in [5.41, 5.74) is 1.34. The van der Waals surface area contributed by atoms with Gasteiger partial charge in [-0.1, -0.05) is 32.1 Å². The quantitative estimate of drug-likeness (QED) is 0.895. The minimum atomic E-state index is 0.691.